The zero-order chi connectivity index (χ0) is 12.5. The highest BCUT2D eigenvalue weighted by Gasteiger charge is 2.26. The number of rotatable bonds is 6. The van der Waals surface area contributed by atoms with Gasteiger partial charge in [0.05, 0.1) is 5.25 Å². The van der Waals surface area contributed by atoms with Gasteiger partial charge in [0.25, 0.3) is 0 Å². The van der Waals surface area contributed by atoms with Crippen molar-refractivity contribution >= 4 is 26.5 Å². The lowest BCUT2D eigenvalue weighted by Gasteiger charge is -2.13. The van der Waals surface area contributed by atoms with Gasteiger partial charge in [-0.25, -0.2) is 8.42 Å². The first kappa shape index (κ1) is 12.7. The Morgan fingerprint density at radius 2 is 2.18 bits per heavy atom. The molecule has 1 atom stereocenters. The van der Waals surface area contributed by atoms with Crippen LogP contribution in [-0.2, 0) is 10.0 Å². The number of aryl methyl sites for hydroxylation is 1. The van der Waals surface area contributed by atoms with Crippen molar-refractivity contribution in [2.45, 2.75) is 38.0 Å². The Balaban J connectivity index is 1.92. The highest BCUT2D eigenvalue weighted by Crippen LogP contribution is 2.20. The third-order valence-corrected chi connectivity index (χ3v) is 5.14. The first-order valence-corrected chi connectivity index (χ1v) is 7.89. The molecule has 0 bridgehead atoms. The standard InChI is InChI=1S/C9H16N4O2S2/c1-6(5-10-8-3-4-8)17(14,15)13-9-12-11-7(2)16-9/h6,8,10H,3-5H2,1-2H3,(H,12,13). The van der Waals surface area contributed by atoms with E-state index in [0.717, 1.165) is 17.8 Å². The van der Waals surface area contributed by atoms with E-state index in [1.807, 2.05) is 0 Å². The van der Waals surface area contributed by atoms with Gasteiger partial charge in [-0.3, -0.25) is 4.72 Å². The van der Waals surface area contributed by atoms with Gasteiger partial charge in [0, 0.05) is 12.6 Å². The summed E-state index contributed by atoms with van der Waals surface area (Å²) in [6.45, 7) is 3.94. The number of aromatic nitrogens is 2. The molecule has 2 N–H and O–H groups in total. The van der Waals surface area contributed by atoms with Gasteiger partial charge in [-0.05, 0) is 26.7 Å². The molecule has 1 heterocycles. The van der Waals surface area contributed by atoms with Crippen LogP contribution in [0.2, 0.25) is 0 Å². The molecule has 8 heteroatoms. The first-order valence-electron chi connectivity index (χ1n) is 5.52. The van der Waals surface area contributed by atoms with Gasteiger partial charge in [0.15, 0.2) is 0 Å². The monoisotopic (exact) mass is 276 g/mol. The Morgan fingerprint density at radius 1 is 1.47 bits per heavy atom. The summed E-state index contributed by atoms with van der Waals surface area (Å²) < 4.78 is 26.3. The van der Waals surface area contributed by atoms with Crippen molar-refractivity contribution in [3.63, 3.8) is 0 Å². The molecule has 1 saturated carbocycles. The predicted octanol–water partition coefficient (Wildman–Crippen LogP) is 0.729. The van der Waals surface area contributed by atoms with Crippen molar-refractivity contribution in [1.29, 1.82) is 0 Å². The van der Waals surface area contributed by atoms with Crippen molar-refractivity contribution in [2.24, 2.45) is 0 Å². The highest BCUT2D eigenvalue weighted by atomic mass is 32.2. The second-order valence-corrected chi connectivity index (χ2v) is 7.55. The summed E-state index contributed by atoms with van der Waals surface area (Å²) in [4.78, 5) is 0. The van der Waals surface area contributed by atoms with Gasteiger partial charge in [-0.1, -0.05) is 11.3 Å². The summed E-state index contributed by atoms with van der Waals surface area (Å²) in [5, 5.41) is 11.3. The average molecular weight is 276 g/mol. The van der Waals surface area contributed by atoms with Crippen LogP contribution < -0.4 is 10.0 Å². The Labute approximate surface area is 105 Å². The van der Waals surface area contributed by atoms with E-state index in [4.69, 9.17) is 0 Å². The lowest BCUT2D eigenvalue weighted by Crippen LogP contribution is -2.35. The smallest absolute Gasteiger partial charge is 0.238 e. The Hall–Kier alpha value is -0.730. The Kier molecular flexibility index (Phi) is 3.64. The minimum absolute atomic E-state index is 0.334. The topological polar surface area (TPSA) is 84.0 Å². The molecule has 2 rings (SSSR count). The number of nitrogens with one attached hydrogen (secondary N) is 2. The van der Waals surface area contributed by atoms with Gasteiger partial charge in [-0.2, -0.15) is 0 Å². The zero-order valence-electron chi connectivity index (χ0n) is 9.80. The van der Waals surface area contributed by atoms with E-state index < -0.39 is 15.3 Å². The van der Waals surface area contributed by atoms with Crippen molar-refractivity contribution in [3.05, 3.63) is 5.01 Å². The lowest BCUT2D eigenvalue weighted by molar-refractivity contribution is 0.576. The minimum atomic E-state index is -3.37. The normalized spacial score (nSPS) is 18.0. The van der Waals surface area contributed by atoms with Gasteiger partial charge in [0.1, 0.15) is 5.01 Å². The fraction of sp³-hybridized carbons (Fsp3) is 0.778. The SMILES string of the molecule is Cc1nnc(NS(=O)(=O)C(C)CNC2CC2)s1. The molecule has 0 radical (unpaired) electrons. The van der Waals surface area contributed by atoms with Crippen LogP contribution in [-0.4, -0.2) is 36.5 Å². The van der Waals surface area contributed by atoms with Gasteiger partial charge < -0.3 is 5.32 Å². The zero-order valence-corrected chi connectivity index (χ0v) is 11.4. The summed E-state index contributed by atoms with van der Waals surface area (Å²) in [5.74, 6) is 0. The van der Waals surface area contributed by atoms with Crippen LogP contribution in [0.4, 0.5) is 5.13 Å². The second-order valence-electron chi connectivity index (χ2n) is 4.27. The van der Waals surface area contributed by atoms with Gasteiger partial charge in [-0.15, -0.1) is 10.2 Å². The maximum Gasteiger partial charge on any atom is 0.238 e. The quantitative estimate of drug-likeness (QED) is 0.800. The average Bonchev–Trinajstić information content (AvgIpc) is 2.99. The van der Waals surface area contributed by atoms with E-state index in [0.29, 0.717) is 17.7 Å². The van der Waals surface area contributed by atoms with Crippen molar-refractivity contribution in [3.8, 4) is 0 Å². The fourth-order valence-corrected chi connectivity index (χ4v) is 3.05. The van der Waals surface area contributed by atoms with E-state index in [2.05, 4.69) is 20.2 Å². The van der Waals surface area contributed by atoms with Crippen molar-refractivity contribution < 1.29 is 8.42 Å². The number of anilines is 1. The maximum absolute atomic E-state index is 11.9. The largest absolute Gasteiger partial charge is 0.313 e. The van der Waals surface area contributed by atoms with E-state index in [1.54, 1.807) is 13.8 Å². The molecule has 1 fully saturated rings. The predicted molar refractivity (Wildman–Crippen MR) is 67.7 cm³/mol. The number of hydrogen-bond donors (Lipinski definition) is 2. The molecule has 0 aliphatic heterocycles. The molecule has 17 heavy (non-hydrogen) atoms. The Morgan fingerprint density at radius 3 is 2.71 bits per heavy atom. The van der Waals surface area contributed by atoms with Gasteiger partial charge in [0.2, 0.25) is 15.2 Å². The molecule has 1 aliphatic carbocycles. The van der Waals surface area contributed by atoms with E-state index in [-0.39, 0.29) is 0 Å². The summed E-state index contributed by atoms with van der Waals surface area (Å²) in [5.41, 5.74) is 0. The summed E-state index contributed by atoms with van der Waals surface area (Å²) in [6, 6.07) is 0.511. The van der Waals surface area contributed by atoms with Crippen LogP contribution in [0.25, 0.3) is 0 Å². The summed E-state index contributed by atoms with van der Waals surface area (Å²) in [6.07, 6.45) is 2.30. The van der Waals surface area contributed by atoms with E-state index in [9.17, 15) is 8.42 Å². The van der Waals surface area contributed by atoms with Crippen LogP contribution in [0.5, 0.6) is 0 Å². The molecule has 96 valence electrons. The molecule has 1 aromatic rings. The number of hydrogen-bond acceptors (Lipinski definition) is 6. The molecule has 1 unspecified atom stereocenters. The van der Waals surface area contributed by atoms with Crippen LogP contribution in [0.15, 0.2) is 0 Å². The molecule has 0 spiro atoms. The molecular formula is C9H16N4O2S2. The molecule has 0 amide bonds. The summed E-state index contributed by atoms with van der Waals surface area (Å²) in [7, 11) is -3.37. The molecule has 1 aromatic heterocycles. The molecule has 0 saturated heterocycles. The fourth-order valence-electron chi connectivity index (χ4n) is 1.29. The lowest BCUT2D eigenvalue weighted by atomic mass is 10.4. The molecule has 1 aliphatic rings. The van der Waals surface area contributed by atoms with Crippen molar-refractivity contribution in [1.82, 2.24) is 15.5 Å². The molecular weight excluding hydrogens is 260 g/mol. The maximum atomic E-state index is 11.9. The van der Waals surface area contributed by atoms with Crippen LogP contribution in [0.1, 0.15) is 24.8 Å². The Bertz CT molecular complexity index is 481. The third kappa shape index (κ3) is 3.62. The summed E-state index contributed by atoms with van der Waals surface area (Å²) >= 11 is 1.24. The second kappa shape index (κ2) is 4.87. The number of sulfonamides is 1. The van der Waals surface area contributed by atoms with E-state index >= 15 is 0 Å². The van der Waals surface area contributed by atoms with Gasteiger partial charge >= 0.3 is 0 Å². The number of nitrogens with zero attached hydrogens (tertiary/aromatic N) is 2. The minimum Gasteiger partial charge on any atom is -0.313 e. The van der Waals surface area contributed by atoms with Crippen LogP contribution >= 0.6 is 11.3 Å². The highest BCUT2D eigenvalue weighted by molar-refractivity contribution is 7.93. The van der Waals surface area contributed by atoms with Crippen LogP contribution in [0, 0.1) is 6.92 Å². The first-order chi connectivity index (χ1) is 7.97. The molecule has 6 nitrogen and oxygen atoms in total. The van der Waals surface area contributed by atoms with Crippen LogP contribution in [0.3, 0.4) is 0 Å². The van der Waals surface area contributed by atoms with Crippen molar-refractivity contribution in [2.75, 3.05) is 11.3 Å². The third-order valence-electron chi connectivity index (χ3n) is 2.56. The molecule has 0 aromatic carbocycles. The van der Waals surface area contributed by atoms with E-state index in [1.165, 1.54) is 11.3 Å².